The average molecular weight is 477 g/mol. The van der Waals surface area contributed by atoms with E-state index in [1.165, 1.54) is 24.2 Å². The minimum Gasteiger partial charge on any atom is -0.475 e. The van der Waals surface area contributed by atoms with Crippen molar-refractivity contribution in [3.63, 3.8) is 0 Å². The first-order chi connectivity index (χ1) is 15.8. The number of likely N-dealkylation sites (tertiary alicyclic amines) is 1. The Morgan fingerprint density at radius 1 is 1.30 bits per heavy atom. The molecule has 0 radical (unpaired) electrons. The highest BCUT2D eigenvalue weighted by molar-refractivity contribution is 7.98. The summed E-state index contributed by atoms with van der Waals surface area (Å²) in [5.41, 5.74) is -0.240. The number of nitrogens with zero attached hydrogens (tertiary/aromatic N) is 3. The van der Waals surface area contributed by atoms with E-state index in [1.54, 1.807) is 17.0 Å². The number of halogens is 2. The van der Waals surface area contributed by atoms with Crippen LogP contribution in [0, 0.1) is 23.0 Å². The third-order valence-corrected chi connectivity index (χ3v) is 7.63. The Bertz CT molecular complexity index is 1080. The van der Waals surface area contributed by atoms with E-state index in [4.69, 9.17) is 9.47 Å². The maximum Gasteiger partial charge on any atom is 0.410 e. The van der Waals surface area contributed by atoms with Crippen molar-refractivity contribution in [3.05, 3.63) is 36.2 Å². The number of hydrogen-bond acceptors (Lipinski definition) is 7. The molecule has 2 saturated carbocycles. The molecular weight excluding hydrogens is 450 g/mol. The van der Waals surface area contributed by atoms with E-state index < -0.39 is 11.6 Å². The molecule has 2 heterocycles. The van der Waals surface area contributed by atoms with Crippen LogP contribution in [0.25, 0.3) is 0 Å². The smallest absolute Gasteiger partial charge is 0.410 e. The van der Waals surface area contributed by atoms with Crippen molar-refractivity contribution in [2.24, 2.45) is 11.3 Å². The van der Waals surface area contributed by atoms with Gasteiger partial charge in [-0.05, 0) is 63.0 Å². The van der Waals surface area contributed by atoms with Gasteiger partial charge in [0.2, 0.25) is 5.82 Å². The Kier molecular flexibility index (Phi) is 5.58. The lowest BCUT2D eigenvalue weighted by atomic mass is 9.96. The van der Waals surface area contributed by atoms with Gasteiger partial charge in [0.25, 0.3) is 5.88 Å². The van der Waals surface area contributed by atoms with Crippen LogP contribution in [0.3, 0.4) is 0 Å². The monoisotopic (exact) mass is 476 g/mol. The summed E-state index contributed by atoms with van der Waals surface area (Å²) >= 11 is 1.42. The number of benzene rings is 1. The normalized spacial score (nSPS) is 24.6. The van der Waals surface area contributed by atoms with Gasteiger partial charge in [-0.1, -0.05) is 0 Å². The molecule has 1 saturated heterocycles. The molecular formula is C23H26F2N4O3S. The first kappa shape index (κ1) is 22.2. The lowest BCUT2D eigenvalue weighted by molar-refractivity contribution is 0.0438. The van der Waals surface area contributed by atoms with Crippen molar-refractivity contribution in [1.82, 2.24) is 14.9 Å². The highest BCUT2D eigenvalue weighted by Crippen LogP contribution is 2.58. The minimum atomic E-state index is -0.766. The highest BCUT2D eigenvalue weighted by Gasteiger charge is 2.58. The minimum absolute atomic E-state index is 0.0784. The molecule has 5 rings (SSSR count). The number of amides is 1. The van der Waals surface area contributed by atoms with E-state index in [1.807, 2.05) is 13.2 Å². The quantitative estimate of drug-likeness (QED) is 0.564. The van der Waals surface area contributed by atoms with Crippen LogP contribution in [-0.4, -0.2) is 52.5 Å². The number of nitrogens with one attached hydrogen (secondary N) is 1. The Balaban J connectivity index is 1.19. The van der Waals surface area contributed by atoms with Crippen molar-refractivity contribution in [1.29, 1.82) is 0 Å². The molecule has 0 spiro atoms. The van der Waals surface area contributed by atoms with Gasteiger partial charge in [-0.15, -0.1) is 11.8 Å². The largest absolute Gasteiger partial charge is 0.475 e. The average Bonchev–Trinajstić information content (AvgIpc) is 3.71. The standard InChI is InChI=1S/C23H26F2N4O3S/c1-22(5-6-22)32-21(30)29-8-7-23(10-14(23)11-29)12-31-20-18(25)19(26-13-27-20)28-17-4-3-15(33-2)9-16(17)24/h3-4,9,13-14H,5-8,10-12H2,1-2H3,(H,26,27,28). The zero-order valence-corrected chi connectivity index (χ0v) is 19.4. The van der Waals surface area contributed by atoms with Crippen LogP contribution in [0.4, 0.5) is 25.1 Å². The van der Waals surface area contributed by atoms with E-state index in [0.29, 0.717) is 25.6 Å². The maximum atomic E-state index is 15.0. The highest BCUT2D eigenvalue weighted by atomic mass is 32.2. The molecule has 176 valence electrons. The lowest BCUT2D eigenvalue weighted by Gasteiger charge is -2.31. The second-order valence-corrected chi connectivity index (χ2v) is 10.3. The number of carbonyl (C=O) groups excluding carboxylic acids is 1. The number of fused-ring (bicyclic) bond motifs is 1. The van der Waals surface area contributed by atoms with Crippen LogP contribution < -0.4 is 10.1 Å². The summed E-state index contributed by atoms with van der Waals surface area (Å²) in [5.74, 6) is -1.28. The van der Waals surface area contributed by atoms with Crippen LogP contribution in [0.15, 0.2) is 29.4 Å². The van der Waals surface area contributed by atoms with Crippen molar-refractivity contribution in [2.75, 3.05) is 31.3 Å². The fraction of sp³-hybridized carbons (Fsp3) is 0.522. The molecule has 2 aromatic rings. The number of aromatic nitrogens is 2. The number of piperidine rings is 1. The molecule has 33 heavy (non-hydrogen) atoms. The van der Waals surface area contributed by atoms with E-state index >= 15 is 0 Å². The predicted octanol–water partition coefficient (Wildman–Crippen LogP) is 5.00. The van der Waals surface area contributed by atoms with Crippen LogP contribution in [0.1, 0.15) is 32.6 Å². The molecule has 1 aliphatic heterocycles. The third kappa shape index (κ3) is 4.58. The molecule has 3 aliphatic rings. The van der Waals surface area contributed by atoms with Crippen molar-refractivity contribution >= 4 is 29.4 Å². The van der Waals surface area contributed by atoms with Gasteiger partial charge in [-0.25, -0.2) is 14.2 Å². The summed E-state index contributed by atoms with van der Waals surface area (Å²) in [6, 6.07) is 4.66. The Labute approximate surface area is 195 Å². The summed E-state index contributed by atoms with van der Waals surface area (Å²) in [7, 11) is 0. The second kappa shape index (κ2) is 8.30. The molecule has 1 aromatic carbocycles. The van der Waals surface area contributed by atoms with Crippen molar-refractivity contribution in [3.8, 4) is 5.88 Å². The van der Waals surface area contributed by atoms with Crippen LogP contribution in [0.5, 0.6) is 5.88 Å². The summed E-state index contributed by atoms with van der Waals surface area (Å²) in [5, 5.41) is 2.68. The van der Waals surface area contributed by atoms with Crippen LogP contribution >= 0.6 is 11.8 Å². The van der Waals surface area contributed by atoms with E-state index in [-0.39, 0.29) is 34.5 Å². The topological polar surface area (TPSA) is 76.6 Å². The van der Waals surface area contributed by atoms with E-state index in [9.17, 15) is 13.6 Å². The molecule has 10 heteroatoms. The fourth-order valence-electron chi connectivity index (χ4n) is 4.28. The molecule has 1 amide bonds. The van der Waals surface area contributed by atoms with Gasteiger partial charge in [0.15, 0.2) is 5.82 Å². The van der Waals surface area contributed by atoms with Crippen LogP contribution in [-0.2, 0) is 4.74 Å². The van der Waals surface area contributed by atoms with Gasteiger partial charge < -0.3 is 19.7 Å². The summed E-state index contributed by atoms with van der Waals surface area (Å²) in [6.07, 6.45) is 6.33. The zero-order chi connectivity index (χ0) is 23.2. The van der Waals surface area contributed by atoms with Gasteiger partial charge in [-0.3, -0.25) is 0 Å². The van der Waals surface area contributed by atoms with Gasteiger partial charge in [0, 0.05) is 23.4 Å². The van der Waals surface area contributed by atoms with Gasteiger partial charge in [0.05, 0.1) is 12.3 Å². The molecule has 2 unspecified atom stereocenters. The zero-order valence-electron chi connectivity index (χ0n) is 18.6. The number of carbonyl (C=O) groups is 1. The van der Waals surface area contributed by atoms with Crippen LogP contribution in [0.2, 0.25) is 0 Å². The van der Waals surface area contributed by atoms with Gasteiger partial charge >= 0.3 is 6.09 Å². The molecule has 1 N–H and O–H groups in total. The first-order valence-corrected chi connectivity index (χ1v) is 12.3. The summed E-state index contributed by atoms with van der Waals surface area (Å²) in [4.78, 5) is 22.7. The number of rotatable bonds is 7. The molecule has 3 fully saturated rings. The van der Waals surface area contributed by atoms with E-state index in [0.717, 1.165) is 30.6 Å². The Morgan fingerprint density at radius 2 is 2.12 bits per heavy atom. The maximum absolute atomic E-state index is 15.0. The van der Waals surface area contributed by atoms with Crippen molar-refractivity contribution < 1.29 is 23.0 Å². The van der Waals surface area contributed by atoms with Crippen molar-refractivity contribution in [2.45, 2.75) is 43.1 Å². The Morgan fingerprint density at radius 3 is 2.82 bits per heavy atom. The summed E-state index contributed by atoms with van der Waals surface area (Å²) in [6.45, 7) is 3.49. The number of ether oxygens (including phenoxy) is 2. The predicted molar refractivity (Wildman–Crippen MR) is 120 cm³/mol. The number of thioether (sulfide) groups is 1. The first-order valence-electron chi connectivity index (χ1n) is 11.0. The fourth-order valence-corrected chi connectivity index (χ4v) is 4.71. The second-order valence-electron chi connectivity index (χ2n) is 9.38. The SMILES string of the molecule is CSc1ccc(Nc2ncnc(OCC34CCN(C(=O)OC5(C)CC5)CC3C4)c2F)c(F)c1. The Hall–Kier alpha value is -2.62. The van der Waals surface area contributed by atoms with Gasteiger partial charge in [0.1, 0.15) is 17.7 Å². The van der Waals surface area contributed by atoms with Gasteiger partial charge in [-0.2, -0.15) is 9.37 Å². The lowest BCUT2D eigenvalue weighted by Crippen LogP contribution is -2.42. The number of hydrogen-bond donors (Lipinski definition) is 1. The molecule has 2 atom stereocenters. The van der Waals surface area contributed by atoms with E-state index in [2.05, 4.69) is 15.3 Å². The molecule has 0 bridgehead atoms. The molecule has 7 nitrogen and oxygen atoms in total. The summed E-state index contributed by atoms with van der Waals surface area (Å²) < 4.78 is 40.6. The molecule has 1 aromatic heterocycles. The number of anilines is 2. The molecule has 2 aliphatic carbocycles. The third-order valence-electron chi connectivity index (χ3n) is 6.91.